The van der Waals surface area contributed by atoms with E-state index in [0.29, 0.717) is 5.92 Å². The van der Waals surface area contributed by atoms with Crippen LogP contribution in [-0.2, 0) is 13.1 Å². The minimum Gasteiger partial charge on any atom is -0.361 e. The Kier molecular flexibility index (Phi) is 4.59. The minimum absolute atomic E-state index is 0.480. The molecular formula is C18H24N4. The first-order chi connectivity index (χ1) is 10.8. The molecule has 0 aliphatic rings. The molecular weight excluding hydrogens is 272 g/mol. The van der Waals surface area contributed by atoms with Crippen molar-refractivity contribution in [3.63, 3.8) is 0 Å². The summed E-state index contributed by atoms with van der Waals surface area (Å²) in [6.07, 6.45) is 7.08. The monoisotopic (exact) mass is 296 g/mol. The molecule has 0 aliphatic carbocycles. The molecule has 0 saturated carbocycles. The zero-order chi connectivity index (χ0) is 15.4. The Morgan fingerprint density at radius 2 is 2.18 bits per heavy atom. The zero-order valence-corrected chi connectivity index (χ0v) is 13.3. The van der Waals surface area contributed by atoms with Crippen molar-refractivity contribution in [3.8, 4) is 0 Å². The summed E-state index contributed by atoms with van der Waals surface area (Å²) in [6, 6.07) is 8.55. The predicted molar refractivity (Wildman–Crippen MR) is 90.9 cm³/mol. The molecule has 0 spiro atoms. The molecule has 0 unspecified atom stereocenters. The SMILES string of the molecule is CC(C)c1nccn1CCCNCc1cccc2cc[nH]c12. The van der Waals surface area contributed by atoms with Crippen molar-refractivity contribution >= 4 is 10.9 Å². The number of benzene rings is 1. The van der Waals surface area contributed by atoms with Crippen molar-refractivity contribution in [1.82, 2.24) is 19.9 Å². The van der Waals surface area contributed by atoms with E-state index in [4.69, 9.17) is 0 Å². The van der Waals surface area contributed by atoms with Crippen LogP contribution in [0.4, 0.5) is 0 Å². The summed E-state index contributed by atoms with van der Waals surface area (Å²) in [5, 5.41) is 4.82. The van der Waals surface area contributed by atoms with E-state index in [9.17, 15) is 0 Å². The van der Waals surface area contributed by atoms with Gasteiger partial charge in [0.25, 0.3) is 0 Å². The fourth-order valence-electron chi connectivity index (χ4n) is 2.90. The summed E-state index contributed by atoms with van der Waals surface area (Å²) in [5.74, 6) is 1.66. The van der Waals surface area contributed by atoms with Crippen molar-refractivity contribution in [1.29, 1.82) is 0 Å². The summed E-state index contributed by atoms with van der Waals surface area (Å²) >= 11 is 0. The van der Waals surface area contributed by atoms with Gasteiger partial charge in [-0.25, -0.2) is 4.98 Å². The van der Waals surface area contributed by atoms with Crippen LogP contribution in [0.1, 0.15) is 37.6 Å². The molecule has 4 heteroatoms. The number of hydrogen-bond acceptors (Lipinski definition) is 2. The predicted octanol–water partition coefficient (Wildman–Crippen LogP) is 3.67. The Hall–Kier alpha value is -2.07. The highest BCUT2D eigenvalue weighted by molar-refractivity contribution is 5.82. The third-order valence-electron chi connectivity index (χ3n) is 4.01. The Morgan fingerprint density at radius 3 is 3.05 bits per heavy atom. The van der Waals surface area contributed by atoms with Gasteiger partial charge >= 0.3 is 0 Å². The maximum atomic E-state index is 4.43. The Balaban J connectivity index is 1.48. The van der Waals surface area contributed by atoms with Crippen molar-refractivity contribution in [3.05, 3.63) is 54.2 Å². The van der Waals surface area contributed by atoms with Gasteiger partial charge in [-0.1, -0.05) is 32.0 Å². The molecule has 116 valence electrons. The van der Waals surface area contributed by atoms with E-state index in [2.05, 4.69) is 64.2 Å². The average Bonchev–Trinajstić information content (AvgIpc) is 3.15. The summed E-state index contributed by atoms with van der Waals surface area (Å²) in [7, 11) is 0. The molecule has 3 aromatic rings. The lowest BCUT2D eigenvalue weighted by Crippen LogP contribution is -2.17. The highest BCUT2D eigenvalue weighted by atomic mass is 15.1. The first-order valence-electron chi connectivity index (χ1n) is 8.02. The van der Waals surface area contributed by atoms with Crippen LogP contribution in [-0.4, -0.2) is 21.1 Å². The number of rotatable bonds is 7. The summed E-state index contributed by atoms with van der Waals surface area (Å²) in [6.45, 7) is 7.31. The fourth-order valence-corrected chi connectivity index (χ4v) is 2.90. The number of imidazole rings is 1. The smallest absolute Gasteiger partial charge is 0.111 e. The molecule has 0 radical (unpaired) electrons. The van der Waals surface area contributed by atoms with Crippen LogP contribution < -0.4 is 5.32 Å². The number of H-pyrrole nitrogens is 1. The van der Waals surface area contributed by atoms with E-state index in [0.717, 1.165) is 26.1 Å². The maximum absolute atomic E-state index is 4.43. The topological polar surface area (TPSA) is 45.6 Å². The average molecular weight is 296 g/mol. The fraction of sp³-hybridized carbons (Fsp3) is 0.389. The molecule has 22 heavy (non-hydrogen) atoms. The number of nitrogens with zero attached hydrogens (tertiary/aromatic N) is 2. The van der Waals surface area contributed by atoms with Gasteiger partial charge in [-0.05, 0) is 30.0 Å². The molecule has 0 fully saturated rings. The normalized spacial score (nSPS) is 11.6. The van der Waals surface area contributed by atoms with Crippen LogP contribution in [0.5, 0.6) is 0 Å². The quantitative estimate of drug-likeness (QED) is 0.653. The number of fused-ring (bicyclic) bond motifs is 1. The molecule has 0 atom stereocenters. The molecule has 0 amide bonds. The van der Waals surface area contributed by atoms with Gasteiger partial charge in [-0.2, -0.15) is 0 Å². The molecule has 2 aromatic heterocycles. The van der Waals surface area contributed by atoms with Crippen LogP contribution in [0, 0.1) is 0 Å². The van der Waals surface area contributed by atoms with E-state index in [1.807, 2.05) is 12.4 Å². The number of hydrogen-bond donors (Lipinski definition) is 2. The van der Waals surface area contributed by atoms with Crippen LogP contribution >= 0.6 is 0 Å². The zero-order valence-electron chi connectivity index (χ0n) is 13.3. The number of aromatic nitrogens is 3. The van der Waals surface area contributed by atoms with Gasteiger partial charge in [0.1, 0.15) is 5.82 Å². The highest BCUT2D eigenvalue weighted by Crippen LogP contribution is 2.16. The second-order valence-corrected chi connectivity index (χ2v) is 6.02. The van der Waals surface area contributed by atoms with Crippen molar-refractivity contribution in [2.45, 2.75) is 39.3 Å². The molecule has 4 nitrogen and oxygen atoms in total. The molecule has 0 bridgehead atoms. The van der Waals surface area contributed by atoms with Crippen LogP contribution in [0.15, 0.2) is 42.9 Å². The largest absolute Gasteiger partial charge is 0.361 e. The van der Waals surface area contributed by atoms with Crippen LogP contribution in [0.2, 0.25) is 0 Å². The van der Waals surface area contributed by atoms with Gasteiger partial charge in [-0.3, -0.25) is 0 Å². The molecule has 2 N–H and O–H groups in total. The van der Waals surface area contributed by atoms with E-state index >= 15 is 0 Å². The summed E-state index contributed by atoms with van der Waals surface area (Å²) in [5.41, 5.74) is 2.57. The van der Waals surface area contributed by atoms with Crippen LogP contribution in [0.25, 0.3) is 10.9 Å². The number of nitrogens with one attached hydrogen (secondary N) is 2. The van der Waals surface area contributed by atoms with Gasteiger partial charge in [-0.15, -0.1) is 0 Å². The number of aryl methyl sites for hydroxylation is 1. The third-order valence-corrected chi connectivity index (χ3v) is 4.01. The van der Waals surface area contributed by atoms with E-state index in [-0.39, 0.29) is 0 Å². The first kappa shape index (κ1) is 14.9. The van der Waals surface area contributed by atoms with E-state index in [1.54, 1.807) is 0 Å². The van der Waals surface area contributed by atoms with E-state index in [1.165, 1.54) is 22.3 Å². The van der Waals surface area contributed by atoms with Crippen molar-refractivity contribution in [2.24, 2.45) is 0 Å². The lowest BCUT2D eigenvalue weighted by molar-refractivity contribution is 0.554. The van der Waals surface area contributed by atoms with Gasteiger partial charge < -0.3 is 14.9 Å². The lowest BCUT2D eigenvalue weighted by Gasteiger charge is -2.11. The number of para-hydroxylation sites is 1. The third kappa shape index (κ3) is 3.22. The molecule has 2 heterocycles. The Morgan fingerprint density at radius 1 is 1.27 bits per heavy atom. The Labute approximate surface area is 131 Å². The molecule has 1 aromatic carbocycles. The second-order valence-electron chi connectivity index (χ2n) is 6.02. The first-order valence-corrected chi connectivity index (χ1v) is 8.02. The molecule has 0 saturated heterocycles. The lowest BCUT2D eigenvalue weighted by atomic mass is 10.1. The highest BCUT2D eigenvalue weighted by Gasteiger charge is 2.06. The summed E-state index contributed by atoms with van der Waals surface area (Å²) in [4.78, 5) is 7.75. The van der Waals surface area contributed by atoms with Gasteiger partial charge in [0, 0.05) is 43.1 Å². The molecule has 0 aliphatic heterocycles. The van der Waals surface area contributed by atoms with Gasteiger partial charge in [0.05, 0.1) is 0 Å². The van der Waals surface area contributed by atoms with Gasteiger partial charge in [0.15, 0.2) is 0 Å². The minimum atomic E-state index is 0.480. The van der Waals surface area contributed by atoms with Crippen molar-refractivity contribution < 1.29 is 0 Å². The molecule has 3 rings (SSSR count). The Bertz CT molecular complexity index is 723. The summed E-state index contributed by atoms with van der Waals surface area (Å²) < 4.78 is 2.26. The standard InChI is InChI=1S/C18H24N4/c1-14(2)18-21-10-12-22(18)11-4-8-19-13-16-6-3-5-15-7-9-20-17(15)16/h3,5-7,9-10,12,14,19-20H,4,8,11,13H2,1-2H3. The van der Waals surface area contributed by atoms with Crippen molar-refractivity contribution in [2.75, 3.05) is 6.54 Å². The second kappa shape index (κ2) is 6.79. The number of aromatic amines is 1. The van der Waals surface area contributed by atoms with Gasteiger partial charge in [0.2, 0.25) is 0 Å². The van der Waals surface area contributed by atoms with Crippen LogP contribution in [0.3, 0.4) is 0 Å². The maximum Gasteiger partial charge on any atom is 0.111 e. The van der Waals surface area contributed by atoms with E-state index < -0.39 is 0 Å².